The lowest BCUT2D eigenvalue weighted by molar-refractivity contribution is -0.137. The van der Waals surface area contributed by atoms with Crippen LogP contribution in [0, 0.1) is 0 Å². The molecule has 0 fully saturated rings. The number of pyridine rings is 1. The maximum absolute atomic E-state index is 13.8. The van der Waals surface area contributed by atoms with Crippen molar-refractivity contribution in [2.75, 3.05) is 23.7 Å². The summed E-state index contributed by atoms with van der Waals surface area (Å²) in [7, 11) is 0. The van der Waals surface area contributed by atoms with Crippen LogP contribution in [0.2, 0.25) is 10.0 Å². The van der Waals surface area contributed by atoms with Crippen LogP contribution in [0.4, 0.5) is 39.8 Å². The molecular weight excluding hydrogens is 672 g/mol. The fourth-order valence-electron chi connectivity index (χ4n) is 4.39. The van der Waals surface area contributed by atoms with Gasteiger partial charge < -0.3 is 20.1 Å². The monoisotopic (exact) mass is 706 g/mol. The van der Waals surface area contributed by atoms with Crippen LogP contribution in [-0.4, -0.2) is 47.4 Å². The number of anilines is 3. The highest BCUT2D eigenvalue weighted by atomic mass is 35.5. The molecule has 10 nitrogen and oxygen atoms in total. The van der Waals surface area contributed by atoms with Crippen molar-refractivity contribution in [3.63, 3.8) is 0 Å². The number of carbonyl (C=O) groups excluding carboxylic acids is 2. The molecule has 0 spiro atoms. The molecule has 48 heavy (non-hydrogen) atoms. The number of benzene rings is 3. The van der Waals surface area contributed by atoms with Gasteiger partial charge in [0.05, 0.1) is 38.9 Å². The number of amides is 2. The van der Waals surface area contributed by atoms with Crippen LogP contribution in [-0.2, 0) is 15.7 Å². The first kappa shape index (κ1) is 36.3. The van der Waals surface area contributed by atoms with Gasteiger partial charge in [0.25, 0.3) is 0 Å². The zero-order valence-corrected chi connectivity index (χ0v) is 28.5. The van der Waals surface area contributed by atoms with Crippen molar-refractivity contribution in [2.45, 2.75) is 58.9 Å². The number of fused-ring (bicyclic) bond motifs is 2. The van der Waals surface area contributed by atoms with E-state index < -0.39 is 35.1 Å². The van der Waals surface area contributed by atoms with E-state index in [4.69, 9.17) is 32.7 Å². The lowest BCUT2D eigenvalue weighted by Gasteiger charge is -2.22. The normalized spacial score (nSPS) is 12.0. The number of guanidine groups is 1. The zero-order chi connectivity index (χ0) is 35.4. The van der Waals surface area contributed by atoms with Crippen molar-refractivity contribution in [1.82, 2.24) is 15.6 Å². The van der Waals surface area contributed by atoms with Crippen molar-refractivity contribution in [2.24, 2.45) is 4.99 Å². The van der Waals surface area contributed by atoms with Crippen molar-refractivity contribution < 1.29 is 32.2 Å². The van der Waals surface area contributed by atoms with E-state index in [1.54, 1.807) is 77.9 Å². The molecule has 3 aromatic carbocycles. The largest absolute Gasteiger partial charge is 0.444 e. The average Bonchev–Trinajstić information content (AvgIpc) is 2.94. The molecule has 256 valence electrons. The van der Waals surface area contributed by atoms with E-state index in [0.717, 1.165) is 12.1 Å². The Morgan fingerprint density at radius 1 is 0.771 bits per heavy atom. The zero-order valence-electron chi connectivity index (χ0n) is 27.0. The molecule has 0 aliphatic carbocycles. The van der Waals surface area contributed by atoms with Crippen LogP contribution in [0.1, 0.15) is 47.1 Å². The van der Waals surface area contributed by atoms with Gasteiger partial charge in [-0.3, -0.25) is 15.6 Å². The molecule has 0 radical (unpaired) electrons. The number of carbonyl (C=O) groups is 2. The fourth-order valence-corrected chi connectivity index (χ4v) is 4.69. The Hall–Kier alpha value is -4.49. The van der Waals surface area contributed by atoms with Crippen molar-refractivity contribution in [3.8, 4) is 0 Å². The highest BCUT2D eigenvalue weighted by molar-refractivity contribution is 6.42. The van der Waals surface area contributed by atoms with Crippen molar-refractivity contribution in [1.29, 1.82) is 0 Å². The lowest BCUT2D eigenvalue weighted by Crippen LogP contribution is -2.47. The molecule has 0 aliphatic rings. The Balaban J connectivity index is 1.68. The van der Waals surface area contributed by atoms with Gasteiger partial charge in [0.2, 0.25) is 5.96 Å². The summed E-state index contributed by atoms with van der Waals surface area (Å²) in [5.74, 6) is -0.239. The minimum Gasteiger partial charge on any atom is -0.444 e. The van der Waals surface area contributed by atoms with Crippen LogP contribution in [0.5, 0.6) is 0 Å². The second-order valence-corrected chi connectivity index (χ2v) is 13.4. The minimum atomic E-state index is -4.59. The molecular formula is C33H35Cl2F3N6O4. The molecule has 0 bridgehead atoms. The van der Waals surface area contributed by atoms with E-state index in [1.165, 1.54) is 6.07 Å². The molecule has 0 aliphatic heterocycles. The topological polar surface area (TPSA) is 126 Å². The number of alkyl halides is 3. The molecule has 0 saturated heterocycles. The number of hydrogen-bond acceptors (Lipinski definition) is 8. The second kappa shape index (κ2) is 14.3. The standard InChI is InChI=1S/C33H35Cl2F3N6O4/c1-31(2,3)47-29(45)43-28(44-30(46)48-32(4,5)6)40-14-13-39-27-21-15-18(33(36,37)38)7-11-25(21)42-26-12-9-19(16-22(26)27)41-20-8-10-23(34)24(35)17-20/h7-12,15-17,41H,13-14H2,1-6H3,(H,39,42)(H2,40,43,44,45,46). The van der Waals surface area contributed by atoms with Gasteiger partial charge in [-0.25, -0.2) is 14.6 Å². The molecule has 2 amide bonds. The van der Waals surface area contributed by atoms with E-state index in [1.807, 2.05) is 0 Å². The molecule has 0 atom stereocenters. The van der Waals surface area contributed by atoms with Gasteiger partial charge in [0.1, 0.15) is 11.2 Å². The molecule has 0 saturated carbocycles. The van der Waals surface area contributed by atoms with Gasteiger partial charge >= 0.3 is 18.4 Å². The Kier molecular flexibility index (Phi) is 10.8. The Labute approximate surface area is 285 Å². The number of aliphatic imine (C=N–C) groups is 1. The Morgan fingerprint density at radius 3 is 1.88 bits per heavy atom. The molecule has 1 heterocycles. The third-order valence-electron chi connectivity index (χ3n) is 6.23. The summed E-state index contributed by atoms with van der Waals surface area (Å²) in [5, 5.41) is 12.7. The van der Waals surface area contributed by atoms with E-state index >= 15 is 0 Å². The third kappa shape index (κ3) is 10.3. The third-order valence-corrected chi connectivity index (χ3v) is 6.97. The van der Waals surface area contributed by atoms with E-state index in [-0.39, 0.29) is 24.4 Å². The van der Waals surface area contributed by atoms with Crippen LogP contribution in [0.3, 0.4) is 0 Å². The number of alkyl carbamates (subject to hydrolysis) is 2. The maximum atomic E-state index is 13.8. The van der Waals surface area contributed by atoms with Gasteiger partial charge in [-0.2, -0.15) is 13.2 Å². The summed E-state index contributed by atoms with van der Waals surface area (Å²) in [6, 6.07) is 13.6. The summed E-state index contributed by atoms with van der Waals surface area (Å²) >= 11 is 12.2. The molecule has 15 heteroatoms. The minimum absolute atomic E-state index is 0.0353. The van der Waals surface area contributed by atoms with E-state index in [2.05, 4.69) is 31.2 Å². The first-order valence-electron chi connectivity index (χ1n) is 14.7. The highest BCUT2D eigenvalue weighted by Gasteiger charge is 2.31. The lowest BCUT2D eigenvalue weighted by atomic mass is 10.0. The number of nitrogens with zero attached hydrogens (tertiary/aromatic N) is 2. The molecule has 4 rings (SSSR count). The van der Waals surface area contributed by atoms with E-state index in [9.17, 15) is 22.8 Å². The SMILES string of the molecule is CC(C)(C)OC(=O)NC(=NCCNc1c2cc(Nc3ccc(Cl)c(Cl)c3)ccc2nc2ccc(C(F)(F)F)cc12)NC(=O)OC(C)(C)C. The highest BCUT2D eigenvalue weighted by Crippen LogP contribution is 2.37. The van der Waals surface area contributed by atoms with Crippen LogP contribution >= 0.6 is 23.2 Å². The fraction of sp³-hybridized carbons (Fsp3) is 0.333. The van der Waals surface area contributed by atoms with Crippen molar-refractivity contribution >= 4 is 80.2 Å². The predicted molar refractivity (Wildman–Crippen MR) is 184 cm³/mol. The summed E-state index contributed by atoms with van der Waals surface area (Å²) in [4.78, 5) is 33.8. The maximum Gasteiger partial charge on any atom is 0.416 e. The quantitative estimate of drug-likeness (QED) is 0.0681. The summed E-state index contributed by atoms with van der Waals surface area (Å²) in [6.07, 6.45) is -6.31. The molecule has 4 N–H and O–H groups in total. The number of nitrogens with one attached hydrogen (secondary N) is 4. The molecule has 1 aromatic heterocycles. The predicted octanol–water partition coefficient (Wildman–Crippen LogP) is 9.27. The Morgan fingerprint density at radius 2 is 1.31 bits per heavy atom. The average molecular weight is 708 g/mol. The number of hydrogen-bond donors (Lipinski definition) is 4. The number of aromatic nitrogens is 1. The van der Waals surface area contributed by atoms with Crippen LogP contribution < -0.4 is 21.3 Å². The smallest absolute Gasteiger partial charge is 0.416 e. The van der Waals surface area contributed by atoms with Gasteiger partial charge in [-0.1, -0.05) is 23.2 Å². The van der Waals surface area contributed by atoms with Gasteiger partial charge in [-0.05, 0) is 96.1 Å². The summed E-state index contributed by atoms with van der Waals surface area (Å²) in [6.45, 7) is 10.1. The summed E-state index contributed by atoms with van der Waals surface area (Å²) in [5.41, 5.74) is -0.00577. The number of ether oxygens (including phenoxy) is 2. The van der Waals surface area contributed by atoms with Gasteiger partial charge in [0.15, 0.2) is 0 Å². The number of rotatable bonds is 6. The van der Waals surface area contributed by atoms with Crippen LogP contribution in [0.15, 0.2) is 59.6 Å². The molecule has 0 unspecified atom stereocenters. The first-order valence-corrected chi connectivity index (χ1v) is 15.5. The Bertz CT molecular complexity index is 1840. The second-order valence-electron chi connectivity index (χ2n) is 12.6. The first-order chi connectivity index (χ1) is 22.3. The van der Waals surface area contributed by atoms with Crippen molar-refractivity contribution in [3.05, 3.63) is 70.2 Å². The van der Waals surface area contributed by atoms with Gasteiger partial charge in [0, 0.05) is 28.7 Å². The summed E-state index contributed by atoms with van der Waals surface area (Å²) < 4.78 is 51.8. The number of halogens is 5. The van der Waals surface area contributed by atoms with Crippen LogP contribution in [0.25, 0.3) is 21.8 Å². The van der Waals surface area contributed by atoms with Gasteiger partial charge in [-0.15, -0.1) is 0 Å². The molecule has 4 aromatic rings. The van der Waals surface area contributed by atoms with E-state index in [0.29, 0.717) is 43.5 Å².